The molecule has 1 N–H and O–H groups in total. The molecule has 1 fully saturated rings. The Kier molecular flexibility index (Phi) is 5.11. The average molecular weight is 348 g/mol. The minimum absolute atomic E-state index is 0.211. The van der Waals surface area contributed by atoms with Gasteiger partial charge in [-0.25, -0.2) is 9.78 Å². The number of rotatable bonds is 5. The molecule has 24 heavy (non-hydrogen) atoms. The van der Waals surface area contributed by atoms with Crippen LogP contribution in [0.3, 0.4) is 0 Å². The second-order valence-corrected chi connectivity index (χ2v) is 6.78. The van der Waals surface area contributed by atoms with Gasteiger partial charge in [0.25, 0.3) is 0 Å². The Bertz CT molecular complexity index is 760. The first kappa shape index (κ1) is 16.9. The third kappa shape index (κ3) is 3.27. The Morgan fingerprint density at radius 3 is 2.58 bits per heavy atom. The number of methoxy groups -OCH3 is 2. The first-order valence-corrected chi connectivity index (χ1v) is 8.87. The molecule has 1 aliphatic heterocycles. The number of aromatic carboxylic acids is 1. The lowest BCUT2D eigenvalue weighted by atomic mass is 10.1. The molecule has 0 spiro atoms. The summed E-state index contributed by atoms with van der Waals surface area (Å²) in [6.45, 7) is 2.67. The Balaban J connectivity index is 2.09. The fourth-order valence-corrected chi connectivity index (χ4v) is 3.87. The molecule has 0 saturated carbocycles. The number of thioether (sulfide) groups is 1. The molecule has 3 rings (SSSR count). The van der Waals surface area contributed by atoms with E-state index in [0.29, 0.717) is 23.6 Å². The summed E-state index contributed by atoms with van der Waals surface area (Å²) < 4.78 is 11.1. The maximum absolute atomic E-state index is 11.2. The summed E-state index contributed by atoms with van der Waals surface area (Å²) in [6, 6.07) is 4.85. The molecule has 0 atom stereocenters. The first-order valence-electron chi connectivity index (χ1n) is 7.72. The fraction of sp³-hybridized carbons (Fsp3) is 0.412. The molecule has 1 saturated heterocycles. The van der Waals surface area contributed by atoms with Gasteiger partial charge in [0.05, 0.1) is 25.3 Å². The van der Waals surface area contributed by atoms with E-state index >= 15 is 0 Å². The van der Waals surface area contributed by atoms with E-state index < -0.39 is 5.97 Å². The van der Waals surface area contributed by atoms with E-state index in [1.165, 1.54) is 0 Å². The molecule has 1 aromatic heterocycles. The van der Waals surface area contributed by atoms with Crippen molar-refractivity contribution in [3.05, 3.63) is 29.5 Å². The largest absolute Gasteiger partial charge is 0.492 e. The smallest absolute Gasteiger partial charge is 0.335 e. The van der Waals surface area contributed by atoms with Gasteiger partial charge >= 0.3 is 5.97 Å². The topological polar surface area (TPSA) is 71.9 Å². The number of ether oxygens (including phenoxy) is 2. The average Bonchev–Trinajstić information content (AvgIpc) is 2.60. The van der Waals surface area contributed by atoms with E-state index in [2.05, 4.69) is 9.88 Å². The Morgan fingerprint density at radius 2 is 1.96 bits per heavy atom. The lowest BCUT2D eigenvalue weighted by molar-refractivity contribution is 0.0697. The molecular formula is C17H20N2O4S. The van der Waals surface area contributed by atoms with Crippen molar-refractivity contribution in [3.8, 4) is 11.5 Å². The standard InChI is InChI=1S/C17H20N2O4S/c1-22-15-12-4-3-11(17(20)21)9-13(12)18-14(16(15)23-2)10-19-5-7-24-8-6-19/h3-4,9H,5-8,10H2,1-2H3,(H,20,21). The number of carboxylic acid groups (broad SMARTS) is 1. The number of hydrogen-bond acceptors (Lipinski definition) is 6. The quantitative estimate of drug-likeness (QED) is 0.890. The van der Waals surface area contributed by atoms with Crippen molar-refractivity contribution < 1.29 is 19.4 Å². The highest BCUT2D eigenvalue weighted by molar-refractivity contribution is 7.99. The number of pyridine rings is 1. The molecule has 128 valence electrons. The second-order valence-electron chi connectivity index (χ2n) is 5.55. The lowest BCUT2D eigenvalue weighted by Gasteiger charge is -2.26. The molecular weight excluding hydrogens is 328 g/mol. The van der Waals surface area contributed by atoms with Crippen molar-refractivity contribution in [2.45, 2.75) is 6.54 Å². The second kappa shape index (κ2) is 7.27. The van der Waals surface area contributed by atoms with Gasteiger partial charge < -0.3 is 14.6 Å². The molecule has 1 aromatic carbocycles. The number of carbonyl (C=O) groups is 1. The zero-order chi connectivity index (χ0) is 17.1. The van der Waals surface area contributed by atoms with Crippen LogP contribution in [0.5, 0.6) is 11.5 Å². The number of nitrogens with zero attached hydrogens (tertiary/aromatic N) is 2. The fourth-order valence-electron chi connectivity index (χ4n) is 2.89. The van der Waals surface area contributed by atoms with Crippen LogP contribution < -0.4 is 9.47 Å². The molecule has 0 aliphatic carbocycles. The van der Waals surface area contributed by atoms with E-state index in [4.69, 9.17) is 9.47 Å². The van der Waals surface area contributed by atoms with E-state index in [-0.39, 0.29) is 5.56 Å². The monoisotopic (exact) mass is 348 g/mol. The van der Waals surface area contributed by atoms with Gasteiger partial charge in [-0.1, -0.05) is 0 Å². The summed E-state index contributed by atoms with van der Waals surface area (Å²) in [4.78, 5) is 18.2. The van der Waals surface area contributed by atoms with Crippen LogP contribution >= 0.6 is 11.8 Å². The number of aromatic nitrogens is 1. The summed E-state index contributed by atoms with van der Waals surface area (Å²) in [7, 11) is 3.19. The van der Waals surface area contributed by atoms with Crippen molar-refractivity contribution in [3.63, 3.8) is 0 Å². The summed E-state index contributed by atoms with van der Waals surface area (Å²) in [6.07, 6.45) is 0. The highest BCUT2D eigenvalue weighted by atomic mass is 32.2. The SMILES string of the molecule is COc1c(CN2CCSCC2)nc2cc(C(=O)O)ccc2c1OC. The number of hydrogen-bond donors (Lipinski definition) is 1. The van der Waals surface area contributed by atoms with Crippen LogP contribution in [0, 0.1) is 0 Å². The number of fused-ring (bicyclic) bond motifs is 1. The zero-order valence-electron chi connectivity index (χ0n) is 13.7. The molecule has 2 aromatic rings. The van der Waals surface area contributed by atoms with Crippen molar-refractivity contribution in [2.24, 2.45) is 0 Å². The van der Waals surface area contributed by atoms with Crippen LogP contribution in [0.25, 0.3) is 10.9 Å². The Morgan fingerprint density at radius 1 is 1.25 bits per heavy atom. The van der Waals surface area contributed by atoms with Gasteiger partial charge in [0.1, 0.15) is 5.69 Å². The van der Waals surface area contributed by atoms with E-state index in [1.807, 2.05) is 11.8 Å². The summed E-state index contributed by atoms with van der Waals surface area (Å²) >= 11 is 1.95. The van der Waals surface area contributed by atoms with Gasteiger partial charge in [0, 0.05) is 36.5 Å². The van der Waals surface area contributed by atoms with Crippen molar-refractivity contribution in [2.75, 3.05) is 38.8 Å². The van der Waals surface area contributed by atoms with Crippen molar-refractivity contribution in [1.29, 1.82) is 0 Å². The molecule has 0 unspecified atom stereocenters. The van der Waals surface area contributed by atoms with E-state index in [9.17, 15) is 9.90 Å². The van der Waals surface area contributed by atoms with Crippen LogP contribution in [0.15, 0.2) is 18.2 Å². The van der Waals surface area contributed by atoms with Crippen LogP contribution in [0.2, 0.25) is 0 Å². The summed E-state index contributed by atoms with van der Waals surface area (Å²) in [5, 5.41) is 9.96. The van der Waals surface area contributed by atoms with Crippen molar-refractivity contribution in [1.82, 2.24) is 9.88 Å². The van der Waals surface area contributed by atoms with Gasteiger partial charge in [-0.05, 0) is 18.2 Å². The minimum atomic E-state index is -0.969. The van der Waals surface area contributed by atoms with Gasteiger partial charge in [0.15, 0.2) is 11.5 Å². The third-order valence-corrected chi connectivity index (χ3v) is 5.04. The number of benzene rings is 1. The zero-order valence-corrected chi connectivity index (χ0v) is 14.6. The summed E-state index contributed by atoms with van der Waals surface area (Å²) in [5.74, 6) is 2.46. The van der Waals surface area contributed by atoms with Crippen LogP contribution in [-0.2, 0) is 6.54 Å². The van der Waals surface area contributed by atoms with Crippen LogP contribution in [0.1, 0.15) is 16.1 Å². The molecule has 0 bridgehead atoms. The van der Waals surface area contributed by atoms with Crippen LogP contribution in [-0.4, -0.2) is 59.8 Å². The molecule has 0 radical (unpaired) electrons. The van der Waals surface area contributed by atoms with Crippen LogP contribution in [0.4, 0.5) is 0 Å². The molecule has 1 aliphatic rings. The lowest BCUT2D eigenvalue weighted by Crippen LogP contribution is -2.32. The van der Waals surface area contributed by atoms with E-state index in [1.54, 1.807) is 32.4 Å². The highest BCUT2D eigenvalue weighted by Crippen LogP contribution is 2.38. The predicted octanol–water partition coefficient (Wildman–Crippen LogP) is 2.50. The summed E-state index contributed by atoms with van der Waals surface area (Å²) in [5.41, 5.74) is 1.59. The first-order chi connectivity index (χ1) is 11.6. The Hall–Kier alpha value is -1.99. The minimum Gasteiger partial charge on any atom is -0.492 e. The highest BCUT2D eigenvalue weighted by Gasteiger charge is 2.20. The van der Waals surface area contributed by atoms with E-state index in [0.717, 1.165) is 35.7 Å². The van der Waals surface area contributed by atoms with Crippen molar-refractivity contribution >= 4 is 28.6 Å². The van der Waals surface area contributed by atoms with Gasteiger partial charge in [-0.15, -0.1) is 0 Å². The maximum atomic E-state index is 11.2. The molecule has 0 amide bonds. The third-order valence-electron chi connectivity index (χ3n) is 4.10. The molecule has 2 heterocycles. The number of carboxylic acids is 1. The normalized spacial score (nSPS) is 15.4. The predicted molar refractivity (Wildman–Crippen MR) is 94.4 cm³/mol. The molecule has 7 heteroatoms. The Labute approximate surface area is 144 Å². The van der Waals surface area contributed by atoms with Gasteiger partial charge in [-0.2, -0.15) is 11.8 Å². The maximum Gasteiger partial charge on any atom is 0.335 e. The van der Waals surface area contributed by atoms with Gasteiger partial charge in [0.2, 0.25) is 0 Å². The van der Waals surface area contributed by atoms with Gasteiger partial charge in [-0.3, -0.25) is 4.90 Å². The molecule has 6 nitrogen and oxygen atoms in total.